The molecule has 0 bridgehead atoms. The predicted molar refractivity (Wildman–Crippen MR) is 109 cm³/mol. The second-order valence-electron chi connectivity index (χ2n) is 7.85. The topological polar surface area (TPSA) is 96.5 Å². The largest absolute Gasteiger partial charge is 0.459 e. The average Bonchev–Trinajstić information content (AvgIpc) is 3.11. The Morgan fingerprint density at radius 2 is 2.17 bits per heavy atom. The Labute approximate surface area is 170 Å². The molecule has 3 N–H and O–H groups in total. The molecule has 2 heterocycles. The second kappa shape index (κ2) is 9.41. The molecule has 1 aromatic heterocycles. The van der Waals surface area contributed by atoms with E-state index in [-0.39, 0.29) is 12.5 Å². The lowest BCUT2D eigenvalue weighted by molar-refractivity contribution is -0.152. The van der Waals surface area contributed by atoms with Gasteiger partial charge in [0, 0.05) is 13.0 Å². The molecule has 1 fully saturated rings. The van der Waals surface area contributed by atoms with E-state index in [1.165, 1.54) is 19.3 Å². The number of hydrogen-bond donors (Lipinski definition) is 3. The zero-order chi connectivity index (χ0) is 20.1. The number of allylic oxidation sites excluding steroid dienone is 1. The number of rotatable bonds is 9. The fraction of sp³-hybridized carbons (Fsp3) is 0.545. The van der Waals surface area contributed by atoms with E-state index in [1.807, 2.05) is 30.3 Å². The first kappa shape index (κ1) is 19.9. The van der Waals surface area contributed by atoms with Crippen LogP contribution in [0.4, 0.5) is 0 Å². The number of carbonyl (C=O) groups is 1. The monoisotopic (exact) mass is 399 g/mol. The quantitative estimate of drug-likeness (QED) is 0.563. The van der Waals surface area contributed by atoms with E-state index >= 15 is 0 Å². The van der Waals surface area contributed by atoms with E-state index in [0.717, 1.165) is 23.9 Å². The van der Waals surface area contributed by atoms with Gasteiger partial charge in [-0.05, 0) is 55.7 Å². The van der Waals surface area contributed by atoms with Crippen LogP contribution in [0.5, 0.6) is 0 Å². The zero-order valence-corrected chi connectivity index (χ0v) is 16.6. The molecule has 2 atom stereocenters. The molecule has 2 aliphatic rings. The number of nitrogens with zero attached hydrogens (tertiary/aromatic N) is 1. The number of amides is 1. The van der Waals surface area contributed by atoms with E-state index in [2.05, 4.69) is 15.3 Å². The molecular formula is C22H29N3O4. The molecule has 0 saturated heterocycles. The van der Waals surface area contributed by atoms with E-state index in [0.29, 0.717) is 43.0 Å². The number of aromatic nitrogens is 2. The van der Waals surface area contributed by atoms with Crippen molar-refractivity contribution in [1.82, 2.24) is 15.3 Å². The lowest BCUT2D eigenvalue weighted by Crippen LogP contribution is -2.36. The van der Waals surface area contributed by atoms with Crippen molar-refractivity contribution in [2.24, 2.45) is 11.8 Å². The van der Waals surface area contributed by atoms with Gasteiger partial charge in [0.1, 0.15) is 5.82 Å². The highest BCUT2D eigenvalue weighted by molar-refractivity contribution is 5.91. The van der Waals surface area contributed by atoms with Gasteiger partial charge in [0.15, 0.2) is 5.76 Å². The van der Waals surface area contributed by atoms with Crippen molar-refractivity contribution in [3.05, 3.63) is 41.9 Å². The number of ether oxygens (including phenoxy) is 2. The number of fused-ring (bicyclic) bond motifs is 1. The van der Waals surface area contributed by atoms with Crippen molar-refractivity contribution >= 4 is 16.9 Å². The molecule has 0 unspecified atom stereocenters. The van der Waals surface area contributed by atoms with Crippen LogP contribution in [0.2, 0.25) is 0 Å². The Bertz CT molecular complexity index is 826. The summed E-state index contributed by atoms with van der Waals surface area (Å²) >= 11 is 0. The summed E-state index contributed by atoms with van der Waals surface area (Å²) in [6.07, 6.45) is 7.50. The average molecular weight is 399 g/mol. The summed E-state index contributed by atoms with van der Waals surface area (Å²) in [5.74, 6) is 1.74. The van der Waals surface area contributed by atoms with Gasteiger partial charge < -0.3 is 24.9 Å². The molecule has 7 nitrogen and oxygen atoms in total. The molecule has 7 heteroatoms. The van der Waals surface area contributed by atoms with E-state index < -0.39 is 6.29 Å². The Morgan fingerprint density at radius 1 is 1.31 bits per heavy atom. The number of carbonyl (C=O) groups excluding carboxylic acids is 1. The maximum atomic E-state index is 12.7. The van der Waals surface area contributed by atoms with Crippen LogP contribution in [0, 0.1) is 11.8 Å². The van der Waals surface area contributed by atoms with Crippen LogP contribution in [0.3, 0.4) is 0 Å². The van der Waals surface area contributed by atoms with Crippen molar-refractivity contribution < 1.29 is 19.4 Å². The Kier molecular flexibility index (Phi) is 6.46. The number of hydrogen-bond acceptors (Lipinski definition) is 5. The van der Waals surface area contributed by atoms with Gasteiger partial charge in [-0.1, -0.05) is 18.6 Å². The summed E-state index contributed by atoms with van der Waals surface area (Å²) in [4.78, 5) is 20.5. The van der Waals surface area contributed by atoms with Crippen LogP contribution in [-0.4, -0.2) is 40.5 Å². The molecule has 156 valence electrons. The van der Waals surface area contributed by atoms with Gasteiger partial charge in [0.2, 0.25) is 6.29 Å². The maximum Gasteiger partial charge on any atom is 0.286 e. The SMILES string of the molecule is O=C(NCc1nc2ccccc2[nH]1)C1=C[C@@H](C2CCC2)C[C@@H](OCCCCO)O1. The highest BCUT2D eigenvalue weighted by atomic mass is 16.7. The number of H-pyrrole nitrogens is 1. The van der Waals surface area contributed by atoms with Gasteiger partial charge in [0.05, 0.1) is 24.2 Å². The van der Waals surface area contributed by atoms with Crippen molar-refractivity contribution in [3.63, 3.8) is 0 Å². The number of para-hydroxylation sites is 2. The third-order valence-electron chi connectivity index (χ3n) is 5.78. The molecule has 29 heavy (non-hydrogen) atoms. The van der Waals surface area contributed by atoms with Crippen LogP contribution in [-0.2, 0) is 20.8 Å². The van der Waals surface area contributed by atoms with Crippen LogP contribution < -0.4 is 5.32 Å². The minimum absolute atomic E-state index is 0.162. The summed E-state index contributed by atoms with van der Waals surface area (Å²) in [6.45, 7) is 0.996. The van der Waals surface area contributed by atoms with Crippen molar-refractivity contribution in [3.8, 4) is 0 Å². The van der Waals surface area contributed by atoms with Gasteiger partial charge in [0.25, 0.3) is 5.91 Å². The molecular weight excluding hydrogens is 370 g/mol. The summed E-state index contributed by atoms with van der Waals surface area (Å²) in [7, 11) is 0. The fourth-order valence-corrected chi connectivity index (χ4v) is 3.91. The molecule has 4 rings (SSSR count). The number of imidazole rings is 1. The number of unbranched alkanes of at least 4 members (excludes halogenated alkanes) is 1. The Morgan fingerprint density at radius 3 is 2.93 bits per heavy atom. The van der Waals surface area contributed by atoms with E-state index in [1.54, 1.807) is 0 Å². The van der Waals surface area contributed by atoms with Gasteiger partial charge in [-0.15, -0.1) is 0 Å². The van der Waals surface area contributed by atoms with Gasteiger partial charge >= 0.3 is 0 Å². The Hall–Kier alpha value is -2.38. The smallest absolute Gasteiger partial charge is 0.286 e. The van der Waals surface area contributed by atoms with Crippen LogP contribution in [0.1, 0.15) is 44.3 Å². The standard InChI is InChI=1S/C22H29N3O4/c26-10-3-4-11-28-21-13-16(15-6-5-7-15)12-19(29-21)22(27)23-14-20-24-17-8-1-2-9-18(17)25-20/h1-2,8-9,12,15-16,21,26H,3-7,10-11,13-14H2,(H,23,27)(H,24,25)/t16-,21+/m1/s1. The summed E-state index contributed by atoms with van der Waals surface area (Å²) in [6, 6.07) is 7.78. The van der Waals surface area contributed by atoms with E-state index in [9.17, 15) is 4.79 Å². The fourth-order valence-electron chi connectivity index (χ4n) is 3.91. The molecule has 2 aromatic rings. The van der Waals surface area contributed by atoms with Crippen LogP contribution in [0.25, 0.3) is 11.0 Å². The highest BCUT2D eigenvalue weighted by Gasteiger charge is 2.34. The second-order valence-corrected chi connectivity index (χ2v) is 7.85. The van der Waals surface area contributed by atoms with Crippen molar-refractivity contribution in [2.75, 3.05) is 13.2 Å². The predicted octanol–water partition coefficient (Wildman–Crippen LogP) is 3.01. The van der Waals surface area contributed by atoms with Gasteiger partial charge in [-0.3, -0.25) is 4.79 Å². The first-order valence-electron chi connectivity index (χ1n) is 10.6. The molecule has 1 saturated carbocycles. The first-order valence-corrected chi connectivity index (χ1v) is 10.6. The van der Waals surface area contributed by atoms with Crippen LogP contribution >= 0.6 is 0 Å². The van der Waals surface area contributed by atoms with Crippen molar-refractivity contribution in [2.45, 2.75) is 51.4 Å². The minimum Gasteiger partial charge on any atom is -0.459 e. The normalized spacial score (nSPS) is 22.0. The molecule has 0 spiro atoms. The molecule has 1 aliphatic heterocycles. The molecule has 1 amide bonds. The Balaban J connectivity index is 1.37. The van der Waals surface area contributed by atoms with Crippen LogP contribution in [0.15, 0.2) is 36.1 Å². The lowest BCUT2D eigenvalue weighted by atomic mass is 9.73. The third kappa shape index (κ3) is 4.97. The van der Waals surface area contributed by atoms with Crippen molar-refractivity contribution in [1.29, 1.82) is 0 Å². The number of aliphatic hydroxyl groups is 1. The number of aliphatic hydroxyl groups excluding tert-OH is 1. The summed E-state index contributed by atoms with van der Waals surface area (Å²) < 4.78 is 11.7. The molecule has 1 aromatic carbocycles. The number of benzene rings is 1. The highest BCUT2D eigenvalue weighted by Crippen LogP contribution is 2.39. The third-order valence-corrected chi connectivity index (χ3v) is 5.78. The van der Waals surface area contributed by atoms with Gasteiger partial charge in [-0.2, -0.15) is 0 Å². The molecule has 0 radical (unpaired) electrons. The lowest BCUT2D eigenvalue weighted by Gasteiger charge is -2.37. The van der Waals surface area contributed by atoms with E-state index in [4.69, 9.17) is 14.6 Å². The molecule has 1 aliphatic carbocycles. The minimum atomic E-state index is -0.406. The zero-order valence-electron chi connectivity index (χ0n) is 16.6. The summed E-state index contributed by atoms with van der Waals surface area (Å²) in [5, 5.41) is 11.8. The number of aromatic amines is 1. The maximum absolute atomic E-state index is 12.7. The number of nitrogens with one attached hydrogen (secondary N) is 2. The summed E-state index contributed by atoms with van der Waals surface area (Å²) in [5.41, 5.74) is 1.83. The first-order chi connectivity index (χ1) is 14.2. The van der Waals surface area contributed by atoms with Gasteiger partial charge in [-0.25, -0.2) is 4.98 Å².